The van der Waals surface area contributed by atoms with Crippen LogP contribution in [0, 0.1) is 0 Å². The molecule has 1 N–H and O–H groups in total. The molecule has 0 radical (unpaired) electrons. The van der Waals surface area contributed by atoms with Crippen molar-refractivity contribution in [2.45, 2.75) is 37.2 Å². The highest BCUT2D eigenvalue weighted by Crippen LogP contribution is 2.32. The van der Waals surface area contributed by atoms with Crippen LogP contribution in [0.25, 0.3) is 0 Å². The Hall–Kier alpha value is -3.04. The fourth-order valence-corrected chi connectivity index (χ4v) is 4.75. The summed E-state index contributed by atoms with van der Waals surface area (Å²) in [6, 6.07) is 15.3. The molecule has 1 aromatic heterocycles. The SMILES string of the molecule is O=C(NCc1nnc(SCC2CCCO2)n1Cc1ccccc1)c1ccc2c(c1)OCO2. The van der Waals surface area contributed by atoms with Crippen LogP contribution in [0.3, 0.4) is 0 Å². The van der Waals surface area contributed by atoms with Crippen molar-refractivity contribution in [2.24, 2.45) is 0 Å². The van der Waals surface area contributed by atoms with Gasteiger partial charge in [0.05, 0.1) is 19.2 Å². The number of hydrogen-bond acceptors (Lipinski definition) is 7. The molecule has 166 valence electrons. The topological polar surface area (TPSA) is 87.5 Å². The summed E-state index contributed by atoms with van der Waals surface area (Å²) in [5.74, 6) is 2.58. The van der Waals surface area contributed by atoms with E-state index >= 15 is 0 Å². The molecule has 0 saturated carbocycles. The Morgan fingerprint density at radius 2 is 2.00 bits per heavy atom. The van der Waals surface area contributed by atoms with E-state index in [0.717, 1.165) is 35.9 Å². The van der Waals surface area contributed by atoms with Crippen LogP contribution < -0.4 is 14.8 Å². The minimum Gasteiger partial charge on any atom is -0.454 e. The Bertz CT molecular complexity index is 1080. The monoisotopic (exact) mass is 452 g/mol. The Balaban J connectivity index is 1.30. The molecule has 1 fully saturated rings. The van der Waals surface area contributed by atoms with Crippen molar-refractivity contribution < 1.29 is 19.0 Å². The van der Waals surface area contributed by atoms with Crippen LogP contribution in [0.1, 0.15) is 34.6 Å². The maximum atomic E-state index is 12.7. The van der Waals surface area contributed by atoms with Crippen LogP contribution in [-0.2, 0) is 17.8 Å². The molecule has 8 nitrogen and oxygen atoms in total. The highest BCUT2D eigenvalue weighted by Gasteiger charge is 2.20. The Labute approximate surface area is 190 Å². The van der Waals surface area contributed by atoms with Gasteiger partial charge in [-0.25, -0.2) is 0 Å². The van der Waals surface area contributed by atoms with Crippen molar-refractivity contribution in [1.82, 2.24) is 20.1 Å². The van der Waals surface area contributed by atoms with E-state index in [-0.39, 0.29) is 25.3 Å². The number of fused-ring (bicyclic) bond motifs is 1. The number of carbonyl (C=O) groups is 1. The summed E-state index contributed by atoms with van der Waals surface area (Å²) in [4.78, 5) is 12.7. The Morgan fingerprint density at radius 3 is 2.84 bits per heavy atom. The summed E-state index contributed by atoms with van der Waals surface area (Å²) in [6.07, 6.45) is 2.45. The molecular weight excluding hydrogens is 428 g/mol. The lowest BCUT2D eigenvalue weighted by Gasteiger charge is -2.13. The minimum absolute atomic E-state index is 0.176. The molecule has 2 aliphatic heterocycles. The highest BCUT2D eigenvalue weighted by molar-refractivity contribution is 7.99. The van der Waals surface area contributed by atoms with Crippen LogP contribution in [0.2, 0.25) is 0 Å². The fourth-order valence-electron chi connectivity index (χ4n) is 3.72. The van der Waals surface area contributed by atoms with Gasteiger partial charge in [0.2, 0.25) is 6.79 Å². The number of ether oxygens (including phenoxy) is 3. The average Bonchev–Trinajstić information content (AvgIpc) is 3.58. The molecule has 3 aromatic rings. The Morgan fingerprint density at radius 1 is 1.12 bits per heavy atom. The zero-order valence-electron chi connectivity index (χ0n) is 17.5. The first-order valence-corrected chi connectivity index (χ1v) is 11.6. The first-order chi connectivity index (χ1) is 15.8. The summed E-state index contributed by atoms with van der Waals surface area (Å²) < 4.78 is 18.5. The number of benzene rings is 2. The molecule has 32 heavy (non-hydrogen) atoms. The molecule has 5 rings (SSSR count). The molecule has 0 aliphatic carbocycles. The molecule has 0 bridgehead atoms. The van der Waals surface area contributed by atoms with Gasteiger partial charge in [0.25, 0.3) is 5.91 Å². The second-order valence-corrected chi connectivity index (χ2v) is 8.65. The normalized spacial score (nSPS) is 16.9. The predicted molar refractivity (Wildman–Crippen MR) is 119 cm³/mol. The molecule has 2 aliphatic rings. The van der Waals surface area contributed by atoms with E-state index in [0.29, 0.717) is 29.4 Å². The second-order valence-electron chi connectivity index (χ2n) is 7.67. The summed E-state index contributed by atoms with van der Waals surface area (Å²) in [5.41, 5.74) is 1.66. The van der Waals surface area contributed by atoms with Gasteiger partial charge in [-0.05, 0) is 36.6 Å². The van der Waals surface area contributed by atoms with Gasteiger partial charge in [-0.15, -0.1) is 10.2 Å². The van der Waals surface area contributed by atoms with Gasteiger partial charge in [0, 0.05) is 17.9 Å². The van der Waals surface area contributed by atoms with Crippen molar-refractivity contribution in [2.75, 3.05) is 19.2 Å². The van der Waals surface area contributed by atoms with Crippen molar-refractivity contribution in [3.63, 3.8) is 0 Å². The smallest absolute Gasteiger partial charge is 0.251 e. The number of aromatic nitrogens is 3. The number of rotatable bonds is 8. The van der Waals surface area contributed by atoms with Crippen LogP contribution in [0.15, 0.2) is 53.7 Å². The zero-order chi connectivity index (χ0) is 21.8. The van der Waals surface area contributed by atoms with Crippen molar-refractivity contribution in [3.05, 3.63) is 65.5 Å². The summed E-state index contributed by atoms with van der Waals surface area (Å²) in [6.45, 7) is 1.92. The summed E-state index contributed by atoms with van der Waals surface area (Å²) >= 11 is 1.65. The third kappa shape index (κ3) is 4.73. The number of thioether (sulfide) groups is 1. The van der Waals surface area contributed by atoms with E-state index in [9.17, 15) is 4.79 Å². The van der Waals surface area contributed by atoms with E-state index < -0.39 is 0 Å². The lowest BCUT2D eigenvalue weighted by atomic mass is 10.2. The average molecular weight is 453 g/mol. The summed E-state index contributed by atoms with van der Waals surface area (Å²) in [5, 5.41) is 12.6. The van der Waals surface area contributed by atoms with Gasteiger partial charge in [-0.3, -0.25) is 4.79 Å². The van der Waals surface area contributed by atoms with Crippen molar-refractivity contribution >= 4 is 17.7 Å². The molecule has 1 atom stereocenters. The van der Waals surface area contributed by atoms with E-state index in [1.807, 2.05) is 18.2 Å². The lowest BCUT2D eigenvalue weighted by molar-refractivity contribution is 0.0949. The maximum Gasteiger partial charge on any atom is 0.251 e. The second kappa shape index (κ2) is 9.62. The zero-order valence-corrected chi connectivity index (χ0v) is 18.3. The number of nitrogens with zero attached hydrogens (tertiary/aromatic N) is 3. The van der Waals surface area contributed by atoms with Crippen LogP contribution in [-0.4, -0.2) is 45.9 Å². The van der Waals surface area contributed by atoms with E-state index in [2.05, 4.69) is 32.2 Å². The molecule has 0 spiro atoms. The predicted octanol–water partition coefficient (Wildman–Crippen LogP) is 3.26. The molecular formula is C23H24N4O4S. The number of amides is 1. The van der Waals surface area contributed by atoms with Gasteiger partial charge >= 0.3 is 0 Å². The molecule has 3 heterocycles. The highest BCUT2D eigenvalue weighted by atomic mass is 32.2. The number of nitrogens with one attached hydrogen (secondary N) is 1. The third-order valence-electron chi connectivity index (χ3n) is 5.44. The quantitative estimate of drug-likeness (QED) is 0.525. The third-order valence-corrected chi connectivity index (χ3v) is 6.54. The molecule has 1 amide bonds. The molecule has 9 heteroatoms. The largest absolute Gasteiger partial charge is 0.454 e. The Kier molecular flexibility index (Phi) is 6.27. The lowest BCUT2D eigenvalue weighted by Crippen LogP contribution is -2.25. The fraction of sp³-hybridized carbons (Fsp3) is 0.348. The van der Waals surface area contributed by atoms with Gasteiger partial charge in [-0.1, -0.05) is 42.1 Å². The van der Waals surface area contributed by atoms with Gasteiger partial charge < -0.3 is 24.1 Å². The molecule has 2 aromatic carbocycles. The number of hydrogen-bond donors (Lipinski definition) is 1. The van der Waals surface area contributed by atoms with Crippen LogP contribution in [0.4, 0.5) is 0 Å². The van der Waals surface area contributed by atoms with Crippen LogP contribution >= 0.6 is 11.8 Å². The first kappa shape index (κ1) is 20.8. The van der Waals surface area contributed by atoms with Crippen molar-refractivity contribution in [1.29, 1.82) is 0 Å². The standard InChI is InChI=1S/C23H24N4O4S/c28-22(17-8-9-19-20(11-17)31-15-30-19)24-12-21-25-26-23(32-14-18-7-4-10-29-18)27(21)13-16-5-2-1-3-6-16/h1-3,5-6,8-9,11,18H,4,7,10,12-15H2,(H,24,28). The van der Waals surface area contributed by atoms with E-state index in [1.54, 1.807) is 30.0 Å². The molecule has 1 saturated heterocycles. The van der Waals surface area contributed by atoms with Gasteiger partial charge in [-0.2, -0.15) is 0 Å². The van der Waals surface area contributed by atoms with E-state index in [1.165, 1.54) is 0 Å². The minimum atomic E-state index is -0.203. The van der Waals surface area contributed by atoms with Gasteiger partial charge in [0.15, 0.2) is 22.5 Å². The van der Waals surface area contributed by atoms with Crippen molar-refractivity contribution in [3.8, 4) is 11.5 Å². The van der Waals surface area contributed by atoms with Crippen LogP contribution in [0.5, 0.6) is 11.5 Å². The maximum absolute atomic E-state index is 12.7. The first-order valence-electron chi connectivity index (χ1n) is 10.6. The number of carbonyl (C=O) groups excluding carboxylic acids is 1. The van der Waals surface area contributed by atoms with Gasteiger partial charge in [0.1, 0.15) is 0 Å². The molecule has 1 unspecified atom stereocenters. The van der Waals surface area contributed by atoms with E-state index in [4.69, 9.17) is 14.2 Å². The summed E-state index contributed by atoms with van der Waals surface area (Å²) in [7, 11) is 0.